The number of aromatic amines is 1. The molecule has 4 N–H and O–H groups in total. The lowest BCUT2D eigenvalue weighted by Gasteiger charge is -2.05. The average molecular weight is 242 g/mol. The number of hydrogen-bond acceptors (Lipinski definition) is 5. The van der Waals surface area contributed by atoms with Gasteiger partial charge in [-0.25, -0.2) is 9.97 Å². The number of imidazole rings is 1. The number of H-pyrrole nitrogens is 1. The second kappa shape index (κ2) is 5.68. The monoisotopic (exact) mass is 242 g/mol. The molecule has 0 amide bonds. The van der Waals surface area contributed by atoms with Crippen molar-refractivity contribution in [3.63, 3.8) is 0 Å². The van der Waals surface area contributed by atoms with Gasteiger partial charge in [0.15, 0.2) is 5.69 Å². The Labute approximate surface area is 105 Å². The number of aryl methyl sites for hydroxylation is 1. The zero-order valence-electron chi connectivity index (χ0n) is 9.85. The second-order valence-electron chi connectivity index (χ2n) is 3.81. The summed E-state index contributed by atoms with van der Waals surface area (Å²) in [5.74, 6) is 1.64. The summed E-state index contributed by atoms with van der Waals surface area (Å²) in [5, 5.41) is 12.0. The molecule has 0 spiro atoms. The SMILES string of the molecule is N#Cc1nc(NCCCc2ncc[nH]2)ccc1N. The summed E-state index contributed by atoms with van der Waals surface area (Å²) in [4.78, 5) is 11.3. The van der Waals surface area contributed by atoms with Crippen molar-refractivity contribution < 1.29 is 0 Å². The number of anilines is 2. The van der Waals surface area contributed by atoms with Crippen LogP contribution in [0.5, 0.6) is 0 Å². The maximum atomic E-state index is 8.81. The molecular weight excluding hydrogens is 228 g/mol. The van der Waals surface area contributed by atoms with E-state index in [1.807, 2.05) is 12.3 Å². The molecule has 2 aromatic rings. The highest BCUT2D eigenvalue weighted by Gasteiger charge is 2.01. The molecule has 0 aliphatic carbocycles. The maximum absolute atomic E-state index is 8.81. The van der Waals surface area contributed by atoms with Crippen molar-refractivity contribution in [3.8, 4) is 6.07 Å². The van der Waals surface area contributed by atoms with E-state index in [-0.39, 0.29) is 5.69 Å². The summed E-state index contributed by atoms with van der Waals surface area (Å²) in [5.41, 5.74) is 6.25. The van der Waals surface area contributed by atoms with Crippen molar-refractivity contribution in [1.29, 1.82) is 5.26 Å². The fraction of sp³-hybridized carbons (Fsp3) is 0.250. The molecule has 0 saturated heterocycles. The van der Waals surface area contributed by atoms with Crippen LogP contribution in [0.4, 0.5) is 11.5 Å². The molecule has 0 unspecified atom stereocenters. The Morgan fingerprint density at radius 1 is 1.44 bits per heavy atom. The molecule has 0 saturated carbocycles. The lowest BCUT2D eigenvalue weighted by molar-refractivity contribution is 0.814. The maximum Gasteiger partial charge on any atom is 0.165 e. The topological polar surface area (TPSA) is 103 Å². The Balaban J connectivity index is 1.82. The van der Waals surface area contributed by atoms with Crippen LogP contribution < -0.4 is 11.1 Å². The Morgan fingerprint density at radius 3 is 3.06 bits per heavy atom. The van der Waals surface area contributed by atoms with Gasteiger partial charge in [0, 0.05) is 25.4 Å². The van der Waals surface area contributed by atoms with Crippen molar-refractivity contribution in [2.24, 2.45) is 0 Å². The fourth-order valence-electron chi connectivity index (χ4n) is 1.56. The molecule has 2 aromatic heterocycles. The second-order valence-corrected chi connectivity index (χ2v) is 3.81. The summed E-state index contributed by atoms with van der Waals surface area (Å²) in [6.07, 6.45) is 5.36. The third-order valence-electron chi connectivity index (χ3n) is 2.48. The average Bonchev–Trinajstić information content (AvgIpc) is 2.89. The quantitative estimate of drug-likeness (QED) is 0.686. The van der Waals surface area contributed by atoms with Crippen LogP contribution in [-0.4, -0.2) is 21.5 Å². The predicted octanol–water partition coefficient (Wildman–Crippen LogP) is 1.30. The number of rotatable bonds is 5. The number of nitrogens with one attached hydrogen (secondary N) is 2. The summed E-state index contributed by atoms with van der Waals surface area (Å²) < 4.78 is 0. The van der Waals surface area contributed by atoms with Gasteiger partial charge in [-0.1, -0.05) is 0 Å². The third-order valence-corrected chi connectivity index (χ3v) is 2.48. The van der Waals surface area contributed by atoms with Crippen molar-refractivity contribution in [2.45, 2.75) is 12.8 Å². The summed E-state index contributed by atoms with van der Waals surface area (Å²) in [6.45, 7) is 0.766. The van der Waals surface area contributed by atoms with Gasteiger partial charge < -0.3 is 16.0 Å². The van der Waals surface area contributed by atoms with E-state index in [0.29, 0.717) is 11.5 Å². The number of nitrogens with zero attached hydrogens (tertiary/aromatic N) is 3. The van der Waals surface area contributed by atoms with Crippen LogP contribution in [0, 0.1) is 11.3 Å². The predicted molar refractivity (Wildman–Crippen MR) is 68.8 cm³/mol. The first-order valence-electron chi connectivity index (χ1n) is 5.68. The molecule has 0 aliphatic rings. The molecule has 0 aliphatic heterocycles. The van der Waals surface area contributed by atoms with Crippen LogP contribution in [0.3, 0.4) is 0 Å². The van der Waals surface area contributed by atoms with Gasteiger partial charge in [-0.05, 0) is 18.6 Å². The van der Waals surface area contributed by atoms with Crippen molar-refractivity contribution in [3.05, 3.63) is 36.0 Å². The van der Waals surface area contributed by atoms with Crippen molar-refractivity contribution >= 4 is 11.5 Å². The first-order chi connectivity index (χ1) is 8.79. The Bertz CT molecular complexity index is 540. The van der Waals surface area contributed by atoms with E-state index in [1.54, 1.807) is 18.3 Å². The standard InChI is InChI=1S/C12H14N6/c13-8-10-9(14)3-4-12(18-10)15-5-1-2-11-16-6-7-17-11/h3-4,6-7H,1-2,5,14H2,(H,15,18)(H,16,17). The Hall–Kier alpha value is -2.55. The molecule has 0 aromatic carbocycles. The molecule has 18 heavy (non-hydrogen) atoms. The van der Waals surface area contributed by atoms with Crippen LogP contribution in [0.1, 0.15) is 17.9 Å². The lowest BCUT2D eigenvalue weighted by atomic mass is 10.3. The smallest absolute Gasteiger partial charge is 0.165 e. The molecule has 2 heterocycles. The van der Waals surface area contributed by atoms with Crippen LogP contribution in [0.2, 0.25) is 0 Å². The first kappa shape index (κ1) is 11.9. The number of nitrogens with two attached hydrogens (primary N) is 1. The molecule has 6 heteroatoms. The lowest BCUT2D eigenvalue weighted by Crippen LogP contribution is -2.06. The van der Waals surface area contributed by atoms with E-state index in [2.05, 4.69) is 20.3 Å². The van der Waals surface area contributed by atoms with Gasteiger partial charge >= 0.3 is 0 Å². The first-order valence-corrected chi connectivity index (χ1v) is 5.68. The Morgan fingerprint density at radius 2 is 2.33 bits per heavy atom. The molecule has 2 rings (SSSR count). The number of pyridine rings is 1. The van der Waals surface area contributed by atoms with Gasteiger partial charge in [-0.2, -0.15) is 5.26 Å². The van der Waals surface area contributed by atoms with Crippen molar-refractivity contribution in [1.82, 2.24) is 15.0 Å². The zero-order chi connectivity index (χ0) is 12.8. The zero-order valence-corrected chi connectivity index (χ0v) is 9.85. The van der Waals surface area contributed by atoms with Crippen molar-refractivity contribution in [2.75, 3.05) is 17.6 Å². The minimum absolute atomic E-state index is 0.256. The largest absolute Gasteiger partial charge is 0.396 e. The van der Waals surface area contributed by atoms with E-state index in [1.165, 1.54) is 0 Å². The normalized spacial score (nSPS) is 9.94. The highest BCUT2D eigenvalue weighted by Crippen LogP contribution is 2.11. The number of aromatic nitrogens is 3. The van der Waals surface area contributed by atoms with Crippen LogP contribution in [0.15, 0.2) is 24.5 Å². The Kier molecular flexibility index (Phi) is 3.76. The van der Waals surface area contributed by atoms with Gasteiger partial charge in [0.05, 0.1) is 5.69 Å². The van der Waals surface area contributed by atoms with Gasteiger partial charge in [-0.3, -0.25) is 0 Å². The highest BCUT2D eigenvalue weighted by molar-refractivity contribution is 5.54. The fourth-order valence-corrected chi connectivity index (χ4v) is 1.56. The van der Waals surface area contributed by atoms with Gasteiger partial charge in [-0.15, -0.1) is 0 Å². The van der Waals surface area contributed by atoms with E-state index in [4.69, 9.17) is 11.0 Å². The van der Waals surface area contributed by atoms with E-state index in [0.717, 1.165) is 25.2 Å². The summed E-state index contributed by atoms with van der Waals surface area (Å²) >= 11 is 0. The van der Waals surface area contributed by atoms with Gasteiger partial charge in [0.2, 0.25) is 0 Å². The van der Waals surface area contributed by atoms with E-state index < -0.39 is 0 Å². The molecule has 6 nitrogen and oxygen atoms in total. The van der Waals surface area contributed by atoms with Crippen LogP contribution >= 0.6 is 0 Å². The highest BCUT2D eigenvalue weighted by atomic mass is 15.0. The molecule has 0 atom stereocenters. The molecule has 0 radical (unpaired) electrons. The molecule has 92 valence electrons. The third kappa shape index (κ3) is 2.98. The molecule has 0 bridgehead atoms. The number of nitriles is 1. The van der Waals surface area contributed by atoms with E-state index in [9.17, 15) is 0 Å². The number of nitrogen functional groups attached to an aromatic ring is 1. The van der Waals surface area contributed by atoms with E-state index >= 15 is 0 Å². The summed E-state index contributed by atoms with van der Waals surface area (Å²) in [7, 11) is 0. The van der Waals surface area contributed by atoms with Crippen LogP contribution in [0.25, 0.3) is 0 Å². The minimum atomic E-state index is 0.256. The molecular formula is C12H14N6. The van der Waals surface area contributed by atoms with Gasteiger partial charge in [0.1, 0.15) is 17.7 Å². The van der Waals surface area contributed by atoms with Gasteiger partial charge in [0.25, 0.3) is 0 Å². The minimum Gasteiger partial charge on any atom is -0.396 e. The number of hydrogen-bond donors (Lipinski definition) is 3. The molecule has 0 fully saturated rings. The summed E-state index contributed by atoms with van der Waals surface area (Å²) in [6, 6.07) is 5.41. The van der Waals surface area contributed by atoms with Crippen LogP contribution in [-0.2, 0) is 6.42 Å².